The number of hydrogen-bond acceptors (Lipinski definition) is 5. The zero-order chi connectivity index (χ0) is 23.1. The molecule has 7 heteroatoms. The van der Waals surface area contributed by atoms with Crippen molar-refractivity contribution in [3.63, 3.8) is 0 Å². The summed E-state index contributed by atoms with van der Waals surface area (Å²) in [5, 5.41) is 2.57. The highest BCUT2D eigenvalue weighted by molar-refractivity contribution is 6.80. The molecule has 1 saturated carbocycles. The van der Waals surface area contributed by atoms with Gasteiger partial charge >= 0.3 is 0 Å². The lowest BCUT2D eigenvalue weighted by Crippen LogP contribution is -2.56. The Hall–Kier alpha value is -3.03. The van der Waals surface area contributed by atoms with Crippen molar-refractivity contribution < 1.29 is 4.43 Å². The summed E-state index contributed by atoms with van der Waals surface area (Å²) in [7, 11) is -1.86. The van der Waals surface area contributed by atoms with Crippen LogP contribution in [0.1, 0.15) is 33.6 Å². The normalized spacial score (nSPS) is 20.8. The Morgan fingerprint density at radius 3 is 2.15 bits per heavy atom. The van der Waals surface area contributed by atoms with E-state index in [2.05, 4.69) is 101 Å². The number of aromatic nitrogens is 4. The monoisotopic (exact) mass is 457 g/mol. The minimum absolute atomic E-state index is 0.192. The van der Waals surface area contributed by atoms with Gasteiger partial charge in [0.05, 0.1) is 18.5 Å². The van der Waals surface area contributed by atoms with Crippen molar-refractivity contribution in [2.75, 3.05) is 12.3 Å². The van der Waals surface area contributed by atoms with Crippen LogP contribution in [0.15, 0.2) is 73.3 Å². The minimum Gasteiger partial charge on any atom is -0.408 e. The number of imidazole rings is 1. The molecular formula is C26H31N5OSi. The van der Waals surface area contributed by atoms with E-state index < -0.39 is 9.04 Å². The number of fused-ring (bicyclic) bond motifs is 1. The van der Waals surface area contributed by atoms with E-state index in [1.165, 1.54) is 16.7 Å². The Bertz CT molecular complexity index is 1190. The molecule has 0 atom stereocenters. The second-order valence-corrected chi connectivity index (χ2v) is 12.7. The minimum atomic E-state index is -1.86. The molecule has 0 bridgehead atoms. The Balaban J connectivity index is 1.51. The zero-order valence-corrected chi connectivity index (χ0v) is 20.6. The van der Waals surface area contributed by atoms with Crippen molar-refractivity contribution in [3.8, 4) is 0 Å². The lowest BCUT2D eigenvalue weighted by atomic mass is 9.59. The van der Waals surface area contributed by atoms with Crippen LogP contribution in [0.3, 0.4) is 0 Å². The molecular weight excluding hydrogens is 426 g/mol. The van der Waals surface area contributed by atoms with E-state index in [-0.39, 0.29) is 11.0 Å². The quantitative estimate of drug-likeness (QED) is 0.450. The van der Waals surface area contributed by atoms with Crippen molar-refractivity contribution >= 4 is 36.4 Å². The van der Waals surface area contributed by atoms with Gasteiger partial charge in [0.2, 0.25) is 9.04 Å². The number of anilines is 1. The van der Waals surface area contributed by atoms with E-state index in [0.29, 0.717) is 23.9 Å². The van der Waals surface area contributed by atoms with Crippen LogP contribution in [0, 0.1) is 11.3 Å². The van der Waals surface area contributed by atoms with Crippen LogP contribution >= 0.6 is 0 Å². The van der Waals surface area contributed by atoms with Crippen LogP contribution in [0.4, 0.5) is 5.82 Å². The molecule has 0 radical (unpaired) electrons. The first-order valence-corrected chi connectivity index (χ1v) is 13.2. The first-order chi connectivity index (χ1) is 15.9. The second kappa shape index (κ2) is 8.39. The third kappa shape index (κ3) is 4.07. The predicted molar refractivity (Wildman–Crippen MR) is 135 cm³/mol. The van der Waals surface area contributed by atoms with Crippen molar-refractivity contribution in [3.05, 3.63) is 73.3 Å². The van der Waals surface area contributed by atoms with Gasteiger partial charge in [-0.1, -0.05) is 81.4 Å². The van der Waals surface area contributed by atoms with Gasteiger partial charge in [-0.3, -0.25) is 0 Å². The summed E-state index contributed by atoms with van der Waals surface area (Å²) in [6.07, 6.45) is 5.45. The summed E-state index contributed by atoms with van der Waals surface area (Å²) in [5.41, 5.74) is 7.59. The molecule has 33 heavy (non-hydrogen) atoms. The molecule has 1 fully saturated rings. The summed E-state index contributed by atoms with van der Waals surface area (Å²) in [6, 6.07) is 21.3. The number of benzene rings is 2. The van der Waals surface area contributed by atoms with Crippen molar-refractivity contribution in [2.45, 2.75) is 39.2 Å². The van der Waals surface area contributed by atoms with Gasteiger partial charge in [-0.15, -0.1) is 0 Å². The fourth-order valence-electron chi connectivity index (χ4n) is 4.93. The van der Waals surface area contributed by atoms with Gasteiger partial charge in [-0.2, -0.15) is 0 Å². The van der Waals surface area contributed by atoms with Crippen LogP contribution in [0.2, 0.25) is 0 Å². The molecule has 0 spiro atoms. The van der Waals surface area contributed by atoms with Crippen LogP contribution in [0.25, 0.3) is 11.2 Å². The van der Waals surface area contributed by atoms with Gasteiger partial charge in [0.25, 0.3) is 0 Å². The van der Waals surface area contributed by atoms with Gasteiger partial charge in [0.15, 0.2) is 11.5 Å². The average Bonchev–Trinajstić information content (AvgIpc) is 3.22. The highest BCUT2D eigenvalue weighted by Gasteiger charge is 2.51. The maximum Gasteiger partial charge on any atom is 0.239 e. The maximum atomic E-state index is 6.90. The number of nitrogen functional groups attached to an aromatic ring is 1. The van der Waals surface area contributed by atoms with Crippen LogP contribution in [0.5, 0.6) is 0 Å². The highest BCUT2D eigenvalue weighted by Crippen LogP contribution is 2.52. The van der Waals surface area contributed by atoms with Crippen molar-refractivity contribution in [1.29, 1.82) is 0 Å². The van der Waals surface area contributed by atoms with E-state index in [1.54, 1.807) is 0 Å². The molecule has 0 unspecified atom stereocenters. The molecule has 1 aliphatic carbocycles. The topological polar surface area (TPSA) is 78.9 Å². The van der Waals surface area contributed by atoms with Gasteiger partial charge < -0.3 is 14.7 Å². The van der Waals surface area contributed by atoms with E-state index in [1.807, 2.05) is 6.33 Å². The Kier molecular flexibility index (Phi) is 5.54. The van der Waals surface area contributed by atoms with Crippen molar-refractivity contribution in [2.24, 2.45) is 11.3 Å². The smallest absolute Gasteiger partial charge is 0.239 e. The molecule has 2 heterocycles. The fourth-order valence-corrected chi connectivity index (χ4v) is 7.32. The summed E-state index contributed by atoms with van der Waals surface area (Å²) >= 11 is 0. The van der Waals surface area contributed by atoms with Gasteiger partial charge in [0, 0.05) is 0 Å². The first-order valence-electron chi connectivity index (χ1n) is 11.5. The Morgan fingerprint density at radius 1 is 0.970 bits per heavy atom. The van der Waals surface area contributed by atoms with Crippen LogP contribution in [-0.2, 0) is 9.96 Å². The Morgan fingerprint density at radius 2 is 1.58 bits per heavy atom. The lowest BCUT2D eigenvalue weighted by Gasteiger charge is -2.53. The van der Waals surface area contributed by atoms with Gasteiger partial charge in [-0.25, -0.2) is 15.0 Å². The van der Waals surface area contributed by atoms with Crippen molar-refractivity contribution in [1.82, 2.24) is 19.5 Å². The largest absolute Gasteiger partial charge is 0.408 e. The molecule has 2 N–H and O–H groups in total. The van der Waals surface area contributed by atoms with Gasteiger partial charge in [-0.05, 0) is 34.5 Å². The molecule has 170 valence electrons. The molecule has 0 saturated heterocycles. The van der Waals surface area contributed by atoms with Gasteiger partial charge in [0.1, 0.15) is 11.8 Å². The van der Waals surface area contributed by atoms with E-state index in [9.17, 15) is 0 Å². The van der Waals surface area contributed by atoms with E-state index in [0.717, 1.165) is 18.5 Å². The molecule has 2 aromatic heterocycles. The summed E-state index contributed by atoms with van der Waals surface area (Å²) in [6.45, 7) is 7.58. The highest BCUT2D eigenvalue weighted by atomic mass is 28.3. The number of nitrogens with zero attached hydrogens (tertiary/aromatic N) is 4. The van der Waals surface area contributed by atoms with Crippen LogP contribution < -0.4 is 16.1 Å². The third-order valence-corrected chi connectivity index (χ3v) is 9.55. The third-order valence-electron chi connectivity index (χ3n) is 7.07. The summed E-state index contributed by atoms with van der Waals surface area (Å²) in [5.74, 6) is 1.02. The second-order valence-electron chi connectivity index (χ2n) is 10.3. The Labute approximate surface area is 196 Å². The molecule has 5 rings (SSSR count). The molecule has 2 aromatic carbocycles. The summed E-state index contributed by atoms with van der Waals surface area (Å²) in [4.78, 5) is 13.2. The van der Waals surface area contributed by atoms with E-state index >= 15 is 0 Å². The molecule has 0 amide bonds. The fraction of sp³-hybridized carbons (Fsp3) is 0.346. The molecule has 4 aromatic rings. The lowest BCUT2D eigenvalue weighted by molar-refractivity contribution is -0.0311. The average molecular weight is 458 g/mol. The summed E-state index contributed by atoms with van der Waals surface area (Å²) < 4.78 is 9.10. The number of nitrogens with two attached hydrogens (primary N) is 1. The molecule has 0 aliphatic heterocycles. The number of hydrogen-bond donors (Lipinski definition) is 1. The standard InChI is InChI=1S/C26H31N5OSi/c1-25(2,3)19-14-26(15-19,31-18-30-22-23(27)28-17-29-24(22)31)16-32-33(20-10-6-4-7-11-20)21-12-8-5-9-13-21/h4-13,17-19,33H,14-16H2,1-3H3,(H2,27,28,29)/t19-,26+. The maximum absolute atomic E-state index is 6.90. The zero-order valence-electron chi connectivity index (χ0n) is 19.5. The number of rotatable bonds is 6. The first kappa shape index (κ1) is 21.8. The van der Waals surface area contributed by atoms with Crippen LogP contribution in [-0.4, -0.2) is 35.2 Å². The molecule has 6 nitrogen and oxygen atoms in total. The SMILES string of the molecule is CC(C)(C)[C@H]1C[C@@](CO[SiH](c2ccccc2)c2ccccc2)(n2cnc3c(N)ncnc32)C1. The molecule has 1 aliphatic rings. The van der Waals surface area contributed by atoms with E-state index in [4.69, 9.17) is 10.2 Å². The predicted octanol–water partition coefficient (Wildman–Crippen LogP) is 3.11.